The Morgan fingerprint density at radius 1 is 0.920 bits per heavy atom. The molecule has 1 heteroatoms. The summed E-state index contributed by atoms with van der Waals surface area (Å²) >= 11 is 0. The van der Waals surface area contributed by atoms with E-state index in [1.165, 1.54) is 63.4 Å². The van der Waals surface area contributed by atoms with Crippen LogP contribution in [0.25, 0.3) is 0 Å². The van der Waals surface area contributed by atoms with Crippen molar-refractivity contribution < 1.29 is 4.39 Å². The molecule has 2 saturated carbocycles. The quantitative estimate of drug-likeness (QED) is 0.576. The summed E-state index contributed by atoms with van der Waals surface area (Å²) in [6.07, 6.45) is 15.8. The topological polar surface area (TPSA) is 0 Å². The molecule has 136 valence electrons. The highest BCUT2D eigenvalue weighted by Gasteiger charge is 2.38. The van der Waals surface area contributed by atoms with Gasteiger partial charge in [-0.3, -0.25) is 0 Å². The predicted molar refractivity (Wildman–Crippen MR) is 103 cm³/mol. The summed E-state index contributed by atoms with van der Waals surface area (Å²) in [6, 6.07) is 7.22. The predicted octanol–water partition coefficient (Wildman–Crippen LogP) is 6.67. The van der Waals surface area contributed by atoms with E-state index >= 15 is 0 Å². The monoisotopic (exact) mass is 340 g/mol. The zero-order chi connectivity index (χ0) is 17.2. The lowest BCUT2D eigenvalue weighted by Gasteiger charge is -2.44. The Hall–Kier alpha value is -1.11. The molecule has 0 saturated heterocycles. The van der Waals surface area contributed by atoms with Crippen LogP contribution in [0.2, 0.25) is 0 Å². The van der Waals surface area contributed by atoms with E-state index in [4.69, 9.17) is 0 Å². The molecule has 1 aromatic rings. The number of halogens is 1. The summed E-state index contributed by atoms with van der Waals surface area (Å²) in [5.74, 6) is 4.15. The summed E-state index contributed by atoms with van der Waals surface area (Å²) in [5, 5.41) is 0. The fourth-order valence-corrected chi connectivity index (χ4v) is 6.13. The number of allylic oxidation sites excluding steroid dienone is 1. The lowest BCUT2D eigenvalue weighted by Crippen LogP contribution is -2.34. The molecular formula is C24H33F. The van der Waals surface area contributed by atoms with Crippen molar-refractivity contribution in [2.75, 3.05) is 0 Å². The van der Waals surface area contributed by atoms with E-state index in [1.807, 2.05) is 6.08 Å². The van der Waals surface area contributed by atoms with Gasteiger partial charge in [-0.2, -0.15) is 0 Å². The van der Waals surface area contributed by atoms with Crippen LogP contribution < -0.4 is 0 Å². The largest absolute Gasteiger partial charge is 0.216 e. The highest BCUT2D eigenvalue weighted by Crippen LogP contribution is 2.48. The van der Waals surface area contributed by atoms with Gasteiger partial charge in [-0.15, -0.1) is 0 Å². The van der Waals surface area contributed by atoms with Crippen molar-refractivity contribution in [3.05, 3.63) is 47.3 Å². The van der Waals surface area contributed by atoms with Crippen LogP contribution in [0.3, 0.4) is 0 Å². The van der Waals surface area contributed by atoms with Gasteiger partial charge in [0.25, 0.3) is 0 Å². The molecule has 0 heterocycles. The Labute approximate surface area is 152 Å². The van der Waals surface area contributed by atoms with Crippen LogP contribution in [0.15, 0.2) is 30.6 Å². The van der Waals surface area contributed by atoms with Crippen LogP contribution in [0, 0.1) is 29.6 Å². The molecule has 0 N–H and O–H groups in total. The number of hydrogen-bond acceptors (Lipinski definition) is 0. The van der Waals surface area contributed by atoms with Gasteiger partial charge >= 0.3 is 0 Å². The Bertz CT molecular complexity index is 617. The Balaban J connectivity index is 1.38. The summed E-state index contributed by atoms with van der Waals surface area (Å²) in [5.41, 5.74) is 4.76. The molecule has 5 atom stereocenters. The van der Waals surface area contributed by atoms with E-state index in [0.717, 1.165) is 36.4 Å². The Morgan fingerprint density at radius 2 is 1.68 bits per heavy atom. The number of fused-ring (bicyclic) bond motifs is 2. The minimum Gasteiger partial charge on any atom is -0.216 e. The minimum atomic E-state index is 0.511. The summed E-state index contributed by atoms with van der Waals surface area (Å²) in [4.78, 5) is 0. The maximum absolute atomic E-state index is 12.5. The van der Waals surface area contributed by atoms with Gasteiger partial charge < -0.3 is 0 Å². The van der Waals surface area contributed by atoms with Crippen LogP contribution >= 0.6 is 0 Å². The first kappa shape index (κ1) is 17.3. The van der Waals surface area contributed by atoms with E-state index in [2.05, 4.69) is 25.1 Å². The molecule has 0 aromatic heterocycles. The van der Waals surface area contributed by atoms with E-state index in [1.54, 1.807) is 11.1 Å². The van der Waals surface area contributed by atoms with Crippen LogP contribution in [-0.4, -0.2) is 0 Å². The molecule has 4 rings (SSSR count). The van der Waals surface area contributed by atoms with Crippen LogP contribution in [0.5, 0.6) is 0 Å². The first-order chi connectivity index (χ1) is 12.3. The molecule has 3 aliphatic rings. The molecular weight excluding hydrogens is 307 g/mol. The molecule has 1 aromatic carbocycles. The highest BCUT2D eigenvalue weighted by atomic mass is 19.1. The van der Waals surface area contributed by atoms with E-state index < -0.39 is 0 Å². The number of benzene rings is 1. The van der Waals surface area contributed by atoms with Gasteiger partial charge in [0.05, 0.1) is 6.33 Å². The van der Waals surface area contributed by atoms with Crippen molar-refractivity contribution >= 4 is 0 Å². The second-order valence-electron chi connectivity index (χ2n) is 8.94. The zero-order valence-corrected chi connectivity index (χ0v) is 15.7. The smallest absolute Gasteiger partial charge is 0.0829 e. The average Bonchev–Trinajstić information content (AvgIpc) is 2.67. The number of rotatable bonds is 3. The summed E-state index contributed by atoms with van der Waals surface area (Å²) in [6.45, 7) is 2.25. The maximum atomic E-state index is 12.5. The number of aryl methyl sites for hydroxylation is 2. The van der Waals surface area contributed by atoms with Crippen molar-refractivity contribution in [2.45, 2.75) is 71.1 Å². The lowest BCUT2D eigenvalue weighted by atomic mass is 9.61. The molecule has 0 radical (unpaired) electrons. The van der Waals surface area contributed by atoms with Gasteiger partial charge in [0.2, 0.25) is 0 Å². The van der Waals surface area contributed by atoms with E-state index in [-0.39, 0.29) is 0 Å². The third-order valence-corrected chi connectivity index (χ3v) is 7.65. The fraction of sp³-hybridized carbons (Fsp3) is 0.667. The van der Waals surface area contributed by atoms with Crippen molar-refractivity contribution in [3.8, 4) is 0 Å². The second-order valence-corrected chi connectivity index (χ2v) is 8.94. The molecule has 0 bridgehead atoms. The Morgan fingerprint density at radius 3 is 2.48 bits per heavy atom. The van der Waals surface area contributed by atoms with Crippen LogP contribution in [-0.2, 0) is 19.3 Å². The molecule has 0 nitrogen and oxygen atoms in total. The maximum Gasteiger partial charge on any atom is 0.0829 e. The van der Waals surface area contributed by atoms with Gasteiger partial charge in [-0.05, 0) is 110 Å². The third kappa shape index (κ3) is 3.71. The summed E-state index contributed by atoms with van der Waals surface area (Å²) < 4.78 is 12.5. The van der Waals surface area contributed by atoms with Gasteiger partial charge in [0, 0.05) is 0 Å². The van der Waals surface area contributed by atoms with Gasteiger partial charge in [0.15, 0.2) is 0 Å². The number of hydrogen-bond donors (Lipinski definition) is 0. The van der Waals surface area contributed by atoms with Crippen molar-refractivity contribution in [2.24, 2.45) is 29.6 Å². The van der Waals surface area contributed by atoms with Crippen molar-refractivity contribution in [1.29, 1.82) is 0 Å². The van der Waals surface area contributed by atoms with Gasteiger partial charge in [-0.25, -0.2) is 4.39 Å². The van der Waals surface area contributed by atoms with Gasteiger partial charge in [-0.1, -0.05) is 31.2 Å². The molecule has 2 fully saturated rings. The van der Waals surface area contributed by atoms with Crippen molar-refractivity contribution in [3.63, 3.8) is 0 Å². The van der Waals surface area contributed by atoms with Crippen molar-refractivity contribution in [1.82, 2.24) is 0 Å². The van der Waals surface area contributed by atoms with Crippen LogP contribution in [0.4, 0.5) is 4.39 Å². The summed E-state index contributed by atoms with van der Waals surface area (Å²) in [7, 11) is 0. The minimum absolute atomic E-state index is 0.511. The molecule has 0 aliphatic heterocycles. The van der Waals surface area contributed by atoms with E-state index in [9.17, 15) is 4.39 Å². The SMILES string of the molecule is CCc1ccc2c(c1)CCC(C1CCC3CC(C=CF)CCC3C1)C2. The normalized spacial score (nSPS) is 35.4. The first-order valence-electron chi connectivity index (χ1n) is 10.6. The van der Waals surface area contributed by atoms with Crippen LogP contribution in [0.1, 0.15) is 68.6 Å². The van der Waals surface area contributed by atoms with Gasteiger partial charge in [0.1, 0.15) is 0 Å². The fourth-order valence-electron chi connectivity index (χ4n) is 6.13. The molecule has 5 unspecified atom stereocenters. The zero-order valence-electron chi connectivity index (χ0n) is 15.7. The highest BCUT2D eigenvalue weighted by molar-refractivity contribution is 5.34. The second kappa shape index (κ2) is 7.64. The standard InChI is InChI=1S/C24H33F/c1-2-17-3-5-21-15-23(9-7-19(21)13-17)24-10-8-20-14-18(11-12-25)4-6-22(20)16-24/h3,5,11-13,18,20,22-24H,2,4,6-10,14-16H2,1H3. The third-order valence-electron chi connectivity index (χ3n) is 7.65. The molecule has 0 amide bonds. The first-order valence-corrected chi connectivity index (χ1v) is 10.6. The lowest BCUT2D eigenvalue weighted by molar-refractivity contribution is 0.0809. The average molecular weight is 341 g/mol. The molecule has 25 heavy (non-hydrogen) atoms. The molecule has 3 aliphatic carbocycles. The Kier molecular flexibility index (Phi) is 5.29. The molecule has 0 spiro atoms. The van der Waals surface area contributed by atoms with E-state index in [0.29, 0.717) is 5.92 Å².